The molecule has 0 aliphatic carbocycles. The van der Waals surface area contributed by atoms with E-state index in [1.165, 1.54) is 16.3 Å². The third-order valence-electron chi connectivity index (χ3n) is 4.21. The van der Waals surface area contributed by atoms with E-state index in [0.29, 0.717) is 12.2 Å². The summed E-state index contributed by atoms with van der Waals surface area (Å²) in [6.07, 6.45) is 1.62. The van der Waals surface area contributed by atoms with Crippen molar-refractivity contribution in [2.24, 2.45) is 0 Å². The molecule has 0 aliphatic rings. The topological polar surface area (TPSA) is 54.6 Å². The summed E-state index contributed by atoms with van der Waals surface area (Å²) in [6, 6.07) is 16.3. The Morgan fingerprint density at radius 1 is 1.12 bits per heavy atom. The van der Waals surface area contributed by atoms with Gasteiger partial charge in [0.15, 0.2) is 0 Å². The highest BCUT2D eigenvalue weighted by Gasteiger charge is 2.14. The molecule has 2 atom stereocenters. The maximum absolute atomic E-state index is 10.1. The van der Waals surface area contributed by atoms with E-state index in [4.69, 9.17) is 9.15 Å². The van der Waals surface area contributed by atoms with E-state index in [1.807, 2.05) is 12.1 Å². The highest BCUT2D eigenvalue weighted by Crippen LogP contribution is 2.22. The molecule has 126 valence electrons. The van der Waals surface area contributed by atoms with Gasteiger partial charge in [-0.15, -0.1) is 0 Å². The van der Waals surface area contributed by atoms with E-state index in [2.05, 4.69) is 36.5 Å². The Hall–Kier alpha value is -2.30. The molecule has 0 spiro atoms. The number of aliphatic hydroxyl groups is 1. The highest BCUT2D eigenvalue weighted by molar-refractivity contribution is 5.84. The van der Waals surface area contributed by atoms with Gasteiger partial charge in [-0.2, -0.15) is 0 Å². The lowest BCUT2D eigenvalue weighted by molar-refractivity contribution is 0.128. The summed E-state index contributed by atoms with van der Waals surface area (Å²) in [6.45, 7) is 2.83. The maximum atomic E-state index is 10.1. The average molecular weight is 325 g/mol. The molecule has 0 aliphatic heterocycles. The van der Waals surface area contributed by atoms with Crippen LogP contribution in [0.1, 0.15) is 30.8 Å². The zero-order chi connectivity index (χ0) is 16.9. The molecule has 0 bridgehead atoms. The Kier molecular flexibility index (Phi) is 5.18. The molecule has 3 rings (SSSR count). The van der Waals surface area contributed by atoms with E-state index in [1.54, 1.807) is 25.5 Å². The van der Waals surface area contributed by atoms with Crippen molar-refractivity contribution in [3.8, 4) is 5.75 Å². The quantitative estimate of drug-likeness (QED) is 0.688. The summed E-state index contributed by atoms with van der Waals surface area (Å²) in [7, 11) is 1.68. The van der Waals surface area contributed by atoms with Crippen LogP contribution in [-0.4, -0.2) is 18.3 Å². The van der Waals surface area contributed by atoms with Crippen molar-refractivity contribution in [3.05, 3.63) is 66.1 Å². The minimum atomic E-state index is -0.577. The molecule has 2 unspecified atom stereocenters. The number of nitrogens with one attached hydrogen (secondary N) is 1. The fourth-order valence-corrected chi connectivity index (χ4v) is 2.82. The molecular formula is C20H23NO3. The van der Waals surface area contributed by atoms with Crippen molar-refractivity contribution in [1.82, 2.24) is 5.32 Å². The summed E-state index contributed by atoms with van der Waals surface area (Å²) in [5.74, 6) is 1.48. The first kappa shape index (κ1) is 16.6. The van der Waals surface area contributed by atoms with E-state index in [0.717, 1.165) is 12.3 Å². The van der Waals surface area contributed by atoms with Crippen LogP contribution in [0.25, 0.3) is 10.8 Å². The summed E-state index contributed by atoms with van der Waals surface area (Å²) in [5, 5.41) is 15.9. The summed E-state index contributed by atoms with van der Waals surface area (Å²) in [4.78, 5) is 0. The molecule has 1 heterocycles. The number of rotatable bonds is 7. The van der Waals surface area contributed by atoms with Crippen LogP contribution in [0.4, 0.5) is 0 Å². The summed E-state index contributed by atoms with van der Waals surface area (Å²) >= 11 is 0. The third kappa shape index (κ3) is 3.96. The van der Waals surface area contributed by atoms with Gasteiger partial charge in [0.2, 0.25) is 0 Å². The second-order valence-electron chi connectivity index (χ2n) is 6.10. The zero-order valence-electron chi connectivity index (χ0n) is 14.0. The second-order valence-corrected chi connectivity index (χ2v) is 6.10. The minimum Gasteiger partial charge on any atom is -0.497 e. The first-order chi connectivity index (χ1) is 11.7. The predicted octanol–water partition coefficient (Wildman–Crippen LogP) is 4.04. The van der Waals surface area contributed by atoms with Crippen LogP contribution in [0.2, 0.25) is 0 Å². The second kappa shape index (κ2) is 7.51. The van der Waals surface area contributed by atoms with Gasteiger partial charge in [-0.05, 0) is 60.0 Å². The Labute approximate surface area is 142 Å². The van der Waals surface area contributed by atoms with Crippen LogP contribution >= 0.6 is 0 Å². The number of hydrogen-bond donors (Lipinski definition) is 2. The van der Waals surface area contributed by atoms with Crippen molar-refractivity contribution >= 4 is 10.8 Å². The van der Waals surface area contributed by atoms with E-state index >= 15 is 0 Å². The number of hydrogen-bond acceptors (Lipinski definition) is 4. The van der Waals surface area contributed by atoms with E-state index < -0.39 is 6.10 Å². The monoisotopic (exact) mass is 325 g/mol. The van der Waals surface area contributed by atoms with Gasteiger partial charge in [0, 0.05) is 12.6 Å². The van der Waals surface area contributed by atoms with Crippen molar-refractivity contribution in [3.63, 3.8) is 0 Å². The lowest BCUT2D eigenvalue weighted by Crippen LogP contribution is -2.27. The van der Waals surface area contributed by atoms with Gasteiger partial charge in [-0.25, -0.2) is 0 Å². The molecular weight excluding hydrogens is 302 g/mol. The molecule has 4 heteroatoms. The zero-order valence-corrected chi connectivity index (χ0v) is 14.0. The Morgan fingerprint density at radius 2 is 1.92 bits per heavy atom. The van der Waals surface area contributed by atoms with Gasteiger partial charge in [0.1, 0.15) is 17.6 Å². The highest BCUT2D eigenvalue weighted by atomic mass is 16.5. The first-order valence-electron chi connectivity index (χ1n) is 8.17. The van der Waals surface area contributed by atoms with Crippen LogP contribution in [0, 0.1) is 0 Å². The number of aliphatic hydroxyl groups excluding tert-OH is 1. The molecule has 24 heavy (non-hydrogen) atoms. The number of ether oxygens (including phenoxy) is 1. The number of methoxy groups -OCH3 is 1. The van der Waals surface area contributed by atoms with Gasteiger partial charge in [-0.3, -0.25) is 0 Å². The molecule has 4 nitrogen and oxygen atoms in total. The average Bonchev–Trinajstić information content (AvgIpc) is 3.14. The first-order valence-corrected chi connectivity index (χ1v) is 8.17. The fraction of sp³-hybridized carbons (Fsp3) is 0.300. The normalized spacial score (nSPS) is 13.8. The maximum Gasteiger partial charge on any atom is 0.132 e. The van der Waals surface area contributed by atoms with E-state index in [9.17, 15) is 5.11 Å². The smallest absolute Gasteiger partial charge is 0.132 e. The standard InChI is InChI=1S/C20H23NO3/c1-14(10-19(22)20-4-3-9-24-20)21-13-15-5-6-17-12-18(23-2)8-7-16(17)11-15/h3-9,11-12,14,19,21-22H,10,13H2,1-2H3. The molecule has 0 saturated carbocycles. The van der Waals surface area contributed by atoms with Gasteiger partial charge in [0.25, 0.3) is 0 Å². The van der Waals surface area contributed by atoms with Crippen LogP contribution in [0.15, 0.2) is 59.2 Å². The van der Waals surface area contributed by atoms with Gasteiger partial charge in [-0.1, -0.05) is 18.2 Å². The minimum absolute atomic E-state index is 0.177. The molecule has 0 saturated heterocycles. The predicted molar refractivity (Wildman–Crippen MR) is 95.1 cm³/mol. The molecule has 0 radical (unpaired) electrons. The van der Waals surface area contributed by atoms with Crippen LogP contribution < -0.4 is 10.1 Å². The molecule has 3 aromatic rings. The lowest BCUT2D eigenvalue weighted by Gasteiger charge is -2.17. The summed E-state index contributed by atoms with van der Waals surface area (Å²) < 4.78 is 10.5. The van der Waals surface area contributed by atoms with Crippen molar-refractivity contribution < 1.29 is 14.3 Å². The number of benzene rings is 2. The SMILES string of the molecule is COc1ccc2cc(CNC(C)CC(O)c3ccco3)ccc2c1. The Balaban J connectivity index is 1.58. The van der Waals surface area contributed by atoms with Crippen LogP contribution in [-0.2, 0) is 6.54 Å². The van der Waals surface area contributed by atoms with Gasteiger partial charge in [0.05, 0.1) is 13.4 Å². The number of fused-ring (bicyclic) bond motifs is 1. The third-order valence-corrected chi connectivity index (χ3v) is 4.21. The summed E-state index contributed by atoms with van der Waals surface area (Å²) in [5.41, 5.74) is 1.21. The van der Waals surface area contributed by atoms with Gasteiger partial charge < -0.3 is 19.6 Å². The van der Waals surface area contributed by atoms with Crippen molar-refractivity contribution in [2.75, 3.05) is 7.11 Å². The Bertz CT molecular complexity index is 783. The van der Waals surface area contributed by atoms with E-state index in [-0.39, 0.29) is 6.04 Å². The lowest BCUT2D eigenvalue weighted by atomic mass is 10.1. The van der Waals surface area contributed by atoms with Gasteiger partial charge >= 0.3 is 0 Å². The molecule has 2 aromatic carbocycles. The molecule has 0 amide bonds. The van der Waals surface area contributed by atoms with Crippen LogP contribution in [0.5, 0.6) is 5.75 Å². The Morgan fingerprint density at radius 3 is 2.67 bits per heavy atom. The molecule has 1 aromatic heterocycles. The van der Waals surface area contributed by atoms with Crippen molar-refractivity contribution in [2.45, 2.75) is 32.0 Å². The molecule has 0 fully saturated rings. The van der Waals surface area contributed by atoms with Crippen LogP contribution in [0.3, 0.4) is 0 Å². The largest absolute Gasteiger partial charge is 0.497 e. The number of furan rings is 1. The molecule has 2 N–H and O–H groups in total. The van der Waals surface area contributed by atoms with Crippen molar-refractivity contribution in [1.29, 1.82) is 0 Å². The fourth-order valence-electron chi connectivity index (χ4n) is 2.82.